The van der Waals surface area contributed by atoms with E-state index in [2.05, 4.69) is 4.72 Å². The fraction of sp³-hybridized carbons (Fsp3) is 0.250. The van der Waals surface area contributed by atoms with E-state index in [0.29, 0.717) is 0 Å². The van der Waals surface area contributed by atoms with Crippen LogP contribution in [0.15, 0.2) is 46.2 Å². The maximum atomic E-state index is 12.4. The van der Waals surface area contributed by atoms with Gasteiger partial charge in [0.1, 0.15) is 0 Å². The summed E-state index contributed by atoms with van der Waals surface area (Å²) >= 11 is 0. The van der Waals surface area contributed by atoms with Gasteiger partial charge in [-0.3, -0.25) is 0 Å². The first kappa shape index (κ1) is 18.6. The Bertz CT molecular complexity index is 941. The van der Waals surface area contributed by atoms with Crippen molar-refractivity contribution < 1.29 is 16.8 Å². The second-order valence-electron chi connectivity index (χ2n) is 5.72. The summed E-state index contributed by atoms with van der Waals surface area (Å²) in [6.07, 6.45) is 0. The summed E-state index contributed by atoms with van der Waals surface area (Å²) in [5.41, 5.74) is 4.07. The van der Waals surface area contributed by atoms with Gasteiger partial charge in [-0.1, -0.05) is 17.7 Å². The first-order valence-corrected chi connectivity index (χ1v) is 10.2. The summed E-state index contributed by atoms with van der Waals surface area (Å²) in [7, 11) is -7.60. The van der Waals surface area contributed by atoms with Crippen LogP contribution in [0.25, 0.3) is 0 Å². The molecule has 0 aromatic heterocycles. The normalized spacial score (nSPS) is 12.3. The summed E-state index contributed by atoms with van der Waals surface area (Å²) < 4.78 is 49.7. The number of nitrogens with one attached hydrogen (secondary N) is 1. The molecule has 0 radical (unpaired) electrons. The van der Waals surface area contributed by atoms with E-state index in [9.17, 15) is 16.8 Å². The molecule has 0 unspecified atom stereocenters. The second-order valence-corrected chi connectivity index (χ2v) is 9.05. The van der Waals surface area contributed by atoms with Crippen LogP contribution in [-0.2, 0) is 26.6 Å². The van der Waals surface area contributed by atoms with Gasteiger partial charge in [0.2, 0.25) is 20.0 Å². The van der Waals surface area contributed by atoms with Crippen LogP contribution in [0.5, 0.6) is 0 Å². The molecule has 0 atom stereocenters. The van der Waals surface area contributed by atoms with Gasteiger partial charge >= 0.3 is 0 Å². The summed E-state index contributed by atoms with van der Waals surface area (Å²) in [4.78, 5) is -0.149. The highest BCUT2D eigenvalue weighted by molar-refractivity contribution is 7.89. The molecule has 0 fully saturated rings. The third kappa shape index (κ3) is 4.21. The Balaban J connectivity index is 2.24. The fourth-order valence-corrected chi connectivity index (χ4v) is 4.06. The van der Waals surface area contributed by atoms with E-state index in [1.54, 1.807) is 0 Å². The van der Waals surface area contributed by atoms with Crippen LogP contribution in [0.1, 0.15) is 22.3 Å². The van der Waals surface area contributed by atoms with Crippen molar-refractivity contribution in [2.24, 2.45) is 5.14 Å². The first-order valence-electron chi connectivity index (χ1n) is 7.20. The number of primary sulfonamides is 1. The Hall–Kier alpha value is -1.74. The largest absolute Gasteiger partial charge is 0.240 e. The maximum Gasteiger partial charge on any atom is 0.240 e. The molecule has 0 spiro atoms. The van der Waals surface area contributed by atoms with Crippen molar-refractivity contribution in [3.63, 3.8) is 0 Å². The van der Waals surface area contributed by atoms with Gasteiger partial charge in [-0.05, 0) is 61.7 Å². The Kier molecular flexibility index (Phi) is 5.14. The lowest BCUT2D eigenvalue weighted by molar-refractivity contribution is 0.580. The number of hydrogen-bond acceptors (Lipinski definition) is 4. The van der Waals surface area contributed by atoms with Crippen molar-refractivity contribution in [2.75, 3.05) is 0 Å². The molecule has 0 aliphatic carbocycles. The highest BCUT2D eigenvalue weighted by Gasteiger charge is 2.16. The zero-order valence-corrected chi connectivity index (χ0v) is 15.3. The predicted octanol–water partition coefficient (Wildman–Crippen LogP) is 1.74. The molecule has 3 N–H and O–H groups in total. The molecule has 0 saturated carbocycles. The molecule has 0 bridgehead atoms. The lowest BCUT2D eigenvalue weighted by Crippen LogP contribution is -2.24. The van der Waals surface area contributed by atoms with Crippen LogP contribution in [0.2, 0.25) is 0 Å². The molecule has 0 amide bonds. The van der Waals surface area contributed by atoms with E-state index in [-0.39, 0.29) is 16.3 Å². The van der Waals surface area contributed by atoms with Gasteiger partial charge in [0.15, 0.2) is 0 Å². The van der Waals surface area contributed by atoms with Crippen molar-refractivity contribution in [3.8, 4) is 0 Å². The quantitative estimate of drug-likeness (QED) is 0.838. The fourth-order valence-electron chi connectivity index (χ4n) is 2.55. The Morgan fingerprint density at radius 1 is 0.875 bits per heavy atom. The lowest BCUT2D eigenvalue weighted by atomic mass is 10.0. The van der Waals surface area contributed by atoms with Gasteiger partial charge in [0.05, 0.1) is 9.79 Å². The first-order chi connectivity index (χ1) is 11.0. The summed E-state index contributed by atoms with van der Waals surface area (Å²) in [6.45, 7) is 6.02. The molecule has 0 aliphatic heterocycles. The second kappa shape index (κ2) is 6.64. The topological polar surface area (TPSA) is 106 Å². The Morgan fingerprint density at radius 2 is 1.33 bits per heavy atom. The van der Waals surface area contributed by atoms with Crippen LogP contribution >= 0.6 is 0 Å². The number of sulfonamides is 2. The van der Waals surface area contributed by atoms with Crippen molar-refractivity contribution >= 4 is 20.0 Å². The molecule has 130 valence electrons. The average Bonchev–Trinajstić information content (AvgIpc) is 2.45. The van der Waals surface area contributed by atoms with E-state index < -0.39 is 20.0 Å². The molecule has 0 aliphatic rings. The third-order valence-electron chi connectivity index (χ3n) is 3.74. The van der Waals surface area contributed by atoms with Gasteiger partial charge in [0, 0.05) is 6.54 Å². The highest BCUT2D eigenvalue weighted by Crippen LogP contribution is 2.18. The number of benzene rings is 2. The molecule has 6 nitrogen and oxygen atoms in total. The van der Waals surface area contributed by atoms with Crippen LogP contribution in [0.4, 0.5) is 0 Å². The molecular weight excluding hydrogens is 348 g/mol. The minimum absolute atomic E-state index is 0.0164. The zero-order valence-electron chi connectivity index (χ0n) is 13.7. The Labute approximate surface area is 142 Å². The number of hydrogen-bond donors (Lipinski definition) is 2. The monoisotopic (exact) mass is 368 g/mol. The molecule has 0 heterocycles. The van der Waals surface area contributed by atoms with E-state index in [0.717, 1.165) is 22.3 Å². The smallest absolute Gasteiger partial charge is 0.225 e. The van der Waals surface area contributed by atoms with Crippen molar-refractivity contribution in [1.82, 2.24) is 4.72 Å². The van der Waals surface area contributed by atoms with Crippen LogP contribution < -0.4 is 9.86 Å². The number of rotatable bonds is 5. The lowest BCUT2D eigenvalue weighted by Gasteiger charge is -2.13. The third-order valence-corrected chi connectivity index (χ3v) is 6.09. The van der Waals surface area contributed by atoms with Gasteiger partial charge in [-0.2, -0.15) is 0 Å². The van der Waals surface area contributed by atoms with E-state index >= 15 is 0 Å². The standard InChI is InChI=1S/C16H20N2O4S2/c1-11-8-12(2)16(13(3)9-11)10-18-24(21,22)15-6-4-14(5-7-15)23(17,19)20/h4-9,18H,10H2,1-3H3,(H2,17,19,20). The summed E-state index contributed by atoms with van der Waals surface area (Å²) in [5.74, 6) is 0. The van der Waals surface area contributed by atoms with Crippen molar-refractivity contribution in [3.05, 3.63) is 58.7 Å². The Morgan fingerprint density at radius 3 is 1.79 bits per heavy atom. The number of nitrogens with two attached hydrogens (primary N) is 1. The van der Waals surface area contributed by atoms with Gasteiger partial charge in [-0.25, -0.2) is 26.7 Å². The maximum absolute atomic E-state index is 12.4. The number of aryl methyl sites for hydroxylation is 3. The minimum Gasteiger partial charge on any atom is -0.225 e. The van der Waals surface area contributed by atoms with Crippen molar-refractivity contribution in [1.29, 1.82) is 0 Å². The molecule has 0 saturated heterocycles. The SMILES string of the molecule is Cc1cc(C)c(CNS(=O)(=O)c2ccc(S(N)(=O)=O)cc2)c(C)c1. The average molecular weight is 368 g/mol. The van der Waals surface area contributed by atoms with Crippen molar-refractivity contribution in [2.45, 2.75) is 37.1 Å². The molecule has 8 heteroatoms. The summed E-state index contributed by atoms with van der Waals surface area (Å²) in [5, 5.41) is 5.00. The van der Waals surface area contributed by atoms with E-state index in [1.165, 1.54) is 24.3 Å². The van der Waals surface area contributed by atoms with Crippen LogP contribution in [0, 0.1) is 20.8 Å². The highest BCUT2D eigenvalue weighted by atomic mass is 32.2. The van der Waals surface area contributed by atoms with Gasteiger partial charge in [0.25, 0.3) is 0 Å². The molecule has 2 aromatic rings. The summed E-state index contributed by atoms with van der Waals surface area (Å²) in [6, 6.07) is 8.78. The molecule has 2 aromatic carbocycles. The van der Waals surface area contributed by atoms with Gasteiger partial charge in [-0.15, -0.1) is 0 Å². The molecule has 24 heavy (non-hydrogen) atoms. The van der Waals surface area contributed by atoms with Crippen LogP contribution in [0.3, 0.4) is 0 Å². The molecule has 2 rings (SSSR count). The molecular formula is C16H20N2O4S2. The zero-order chi connectivity index (χ0) is 18.1. The predicted molar refractivity (Wildman–Crippen MR) is 92.5 cm³/mol. The van der Waals surface area contributed by atoms with Gasteiger partial charge < -0.3 is 0 Å². The van der Waals surface area contributed by atoms with E-state index in [1.807, 2.05) is 32.9 Å². The van der Waals surface area contributed by atoms with Crippen LogP contribution in [-0.4, -0.2) is 16.8 Å². The van der Waals surface area contributed by atoms with E-state index in [4.69, 9.17) is 5.14 Å². The minimum atomic E-state index is -3.85.